The van der Waals surface area contributed by atoms with Gasteiger partial charge in [0.25, 0.3) is 0 Å². The zero-order chi connectivity index (χ0) is 11.2. The van der Waals surface area contributed by atoms with Crippen molar-refractivity contribution in [2.45, 2.75) is 20.8 Å². The lowest BCUT2D eigenvalue weighted by molar-refractivity contribution is 0.0664. The van der Waals surface area contributed by atoms with Gasteiger partial charge in [-0.3, -0.25) is 0 Å². The van der Waals surface area contributed by atoms with Crippen molar-refractivity contribution in [2.75, 3.05) is 0 Å². The third-order valence-electron chi connectivity index (χ3n) is 2.68. The van der Waals surface area contributed by atoms with E-state index in [2.05, 4.69) is 0 Å². The predicted octanol–water partition coefficient (Wildman–Crippen LogP) is 3.06. The van der Waals surface area contributed by atoms with E-state index in [1.54, 1.807) is 6.92 Å². The number of hydrogen-bond donors (Lipinski definition) is 1. The van der Waals surface area contributed by atoms with Crippen molar-refractivity contribution in [2.24, 2.45) is 0 Å². The highest BCUT2D eigenvalue weighted by Crippen LogP contribution is 2.30. The Labute approximate surface area is 87.3 Å². The number of benzene rings is 1. The Bertz CT molecular complexity index is 549. The number of carbonyl (C=O) groups is 1. The Morgan fingerprint density at radius 2 is 1.80 bits per heavy atom. The molecular formula is C12H12O3. The fourth-order valence-electron chi connectivity index (χ4n) is 1.88. The van der Waals surface area contributed by atoms with Crippen LogP contribution in [0.3, 0.4) is 0 Å². The number of carboxylic acid groups (broad SMARTS) is 1. The number of hydrogen-bond acceptors (Lipinski definition) is 2. The zero-order valence-electron chi connectivity index (χ0n) is 8.92. The van der Waals surface area contributed by atoms with Gasteiger partial charge in [-0.2, -0.15) is 0 Å². The van der Waals surface area contributed by atoms with E-state index >= 15 is 0 Å². The number of rotatable bonds is 1. The monoisotopic (exact) mass is 204 g/mol. The van der Waals surface area contributed by atoms with Crippen molar-refractivity contribution < 1.29 is 14.3 Å². The molecule has 3 heteroatoms. The Hall–Kier alpha value is -1.77. The van der Waals surface area contributed by atoms with Gasteiger partial charge in [0.15, 0.2) is 0 Å². The largest absolute Gasteiger partial charge is 0.475 e. The molecule has 0 atom stereocenters. The zero-order valence-corrected chi connectivity index (χ0v) is 8.92. The van der Waals surface area contributed by atoms with Gasteiger partial charge in [0.05, 0.1) is 0 Å². The molecule has 2 rings (SSSR count). The summed E-state index contributed by atoms with van der Waals surface area (Å²) in [5.74, 6) is -0.968. The molecular weight excluding hydrogens is 192 g/mol. The Morgan fingerprint density at radius 3 is 2.33 bits per heavy atom. The number of fused-ring (bicyclic) bond motifs is 1. The van der Waals surface area contributed by atoms with Crippen molar-refractivity contribution in [3.8, 4) is 0 Å². The molecule has 0 aliphatic rings. The van der Waals surface area contributed by atoms with Gasteiger partial charge < -0.3 is 9.52 Å². The van der Waals surface area contributed by atoms with Crippen LogP contribution >= 0.6 is 0 Å². The first-order valence-electron chi connectivity index (χ1n) is 4.75. The van der Waals surface area contributed by atoms with Crippen LogP contribution in [0, 0.1) is 20.8 Å². The molecule has 15 heavy (non-hydrogen) atoms. The van der Waals surface area contributed by atoms with Crippen LogP contribution in [-0.4, -0.2) is 11.1 Å². The van der Waals surface area contributed by atoms with Gasteiger partial charge in [-0.05, 0) is 31.9 Å². The molecule has 0 saturated heterocycles. The standard InChI is InChI=1S/C12H12O3/c1-6-4-5-7(2)10-9(6)8(3)11(15-10)12(13)14/h4-5H,1-3H3,(H,13,14). The van der Waals surface area contributed by atoms with Crippen molar-refractivity contribution >= 4 is 16.9 Å². The molecule has 1 heterocycles. The molecule has 2 aromatic rings. The van der Waals surface area contributed by atoms with Crippen LogP contribution in [0.25, 0.3) is 11.0 Å². The highest BCUT2D eigenvalue weighted by molar-refractivity contribution is 5.97. The Balaban J connectivity index is 2.93. The second-order valence-corrected chi connectivity index (χ2v) is 3.76. The highest BCUT2D eigenvalue weighted by atomic mass is 16.4. The number of carboxylic acids is 1. The average Bonchev–Trinajstić information content (AvgIpc) is 2.51. The van der Waals surface area contributed by atoms with Gasteiger partial charge in [-0.15, -0.1) is 0 Å². The van der Waals surface area contributed by atoms with Crippen molar-refractivity contribution in [1.29, 1.82) is 0 Å². The van der Waals surface area contributed by atoms with Gasteiger partial charge in [-0.25, -0.2) is 4.79 Å². The summed E-state index contributed by atoms with van der Waals surface area (Å²) in [6.07, 6.45) is 0. The van der Waals surface area contributed by atoms with E-state index in [0.29, 0.717) is 11.1 Å². The first-order valence-corrected chi connectivity index (χ1v) is 4.75. The first-order chi connectivity index (χ1) is 7.02. The molecule has 0 aliphatic carbocycles. The Morgan fingerprint density at radius 1 is 1.20 bits per heavy atom. The second kappa shape index (κ2) is 3.12. The van der Waals surface area contributed by atoms with E-state index < -0.39 is 5.97 Å². The van der Waals surface area contributed by atoms with E-state index in [-0.39, 0.29) is 5.76 Å². The van der Waals surface area contributed by atoms with Gasteiger partial charge >= 0.3 is 5.97 Å². The van der Waals surface area contributed by atoms with E-state index in [4.69, 9.17) is 9.52 Å². The van der Waals surface area contributed by atoms with Crippen LogP contribution in [0.15, 0.2) is 16.5 Å². The maximum absolute atomic E-state index is 10.9. The van der Waals surface area contributed by atoms with Gasteiger partial charge in [-0.1, -0.05) is 12.1 Å². The van der Waals surface area contributed by atoms with Crippen LogP contribution in [0.2, 0.25) is 0 Å². The summed E-state index contributed by atoms with van der Waals surface area (Å²) >= 11 is 0. The predicted molar refractivity (Wildman–Crippen MR) is 57.4 cm³/mol. The van der Waals surface area contributed by atoms with E-state index in [0.717, 1.165) is 16.5 Å². The third-order valence-corrected chi connectivity index (χ3v) is 2.68. The van der Waals surface area contributed by atoms with Crippen molar-refractivity contribution in [1.82, 2.24) is 0 Å². The van der Waals surface area contributed by atoms with Crippen LogP contribution in [0.5, 0.6) is 0 Å². The molecule has 1 aromatic heterocycles. The van der Waals surface area contributed by atoms with Crippen LogP contribution in [-0.2, 0) is 0 Å². The lowest BCUT2D eigenvalue weighted by Gasteiger charge is -1.98. The molecule has 0 fully saturated rings. The average molecular weight is 204 g/mol. The Kier molecular flexibility index (Phi) is 2.03. The SMILES string of the molecule is Cc1ccc(C)c2c(C)c(C(=O)O)oc12. The third kappa shape index (κ3) is 1.31. The maximum atomic E-state index is 10.9. The van der Waals surface area contributed by atoms with Crippen LogP contribution in [0.1, 0.15) is 27.2 Å². The molecule has 1 aromatic carbocycles. The molecule has 0 bridgehead atoms. The topological polar surface area (TPSA) is 50.4 Å². The molecule has 78 valence electrons. The molecule has 0 amide bonds. The molecule has 0 unspecified atom stereocenters. The summed E-state index contributed by atoms with van der Waals surface area (Å²) in [5.41, 5.74) is 3.40. The second-order valence-electron chi connectivity index (χ2n) is 3.76. The minimum atomic E-state index is -1.01. The summed E-state index contributed by atoms with van der Waals surface area (Å²) in [6, 6.07) is 3.91. The van der Waals surface area contributed by atoms with Gasteiger partial charge in [0.1, 0.15) is 5.58 Å². The molecule has 1 N–H and O–H groups in total. The molecule has 0 aliphatic heterocycles. The molecule has 0 radical (unpaired) electrons. The van der Waals surface area contributed by atoms with Crippen LogP contribution in [0.4, 0.5) is 0 Å². The van der Waals surface area contributed by atoms with E-state index in [1.165, 1.54) is 0 Å². The summed E-state index contributed by atoms with van der Waals surface area (Å²) in [4.78, 5) is 10.9. The van der Waals surface area contributed by atoms with Crippen LogP contribution < -0.4 is 0 Å². The lowest BCUT2D eigenvalue weighted by atomic mass is 10.0. The normalized spacial score (nSPS) is 10.9. The maximum Gasteiger partial charge on any atom is 0.372 e. The number of aryl methyl sites for hydroxylation is 3. The van der Waals surface area contributed by atoms with Crippen molar-refractivity contribution in [3.05, 3.63) is 34.6 Å². The molecule has 0 spiro atoms. The molecule has 0 saturated carbocycles. The number of aromatic carboxylic acids is 1. The quantitative estimate of drug-likeness (QED) is 0.776. The highest BCUT2D eigenvalue weighted by Gasteiger charge is 2.18. The van der Waals surface area contributed by atoms with E-state index in [9.17, 15) is 4.79 Å². The fourth-order valence-corrected chi connectivity index (χ4v) is 1.88. The fraction of sp³-hybridized carbons (Fsp3) is 0.250. The smallest absolute Gasteiger partial charge is 0.372 e. The van der Waals surface area contributed by atoms with Crippen molar-refractivity contribution in [3.63, 3.8) is 0 Å². The minimum Gasteiger partial charge on any atom is -0.475 e. The summed E-state index contributed by atoms with van der Waals surface area (Å²) < 4.78 is 5.37. The summed E-state index contributed by atoms with van der Waals surface area (Å²) in [7, 11) is 0. The van der Waals surface area contributed by atoms with Gasteiger partial charge in [0, 0.05) is 10.9 Å². The summed E-state index contributed by atoms with van der Waals surface area (Å²) in [6.45, 7) is 5.65. The molecule has 3 nitrogen and oxygen atoms in total. The first kappa shape index (κ1) is 9.77. The lowest BCUT2D eigenvalue weighted by Crippen LogP contribution is -1.95. The van der Waals surface area contributed by atoms with E-state index in [1.807, 2.05) is 26.0 Å². The number of furan rings is 1. The summed E-state index contributed by atoms with van der Waals surface area (Å²) in [5, 5.41) is 9.88. The minimum absolute atomic E-state index is 0.0439. The van der Waals surface area contributed by atoms with Gasteiger partial charge in [0.2, 0.25) is 5.76 Å².